The van der Waals surface area contributed by atoms with Gasteiger partial charge in [-0.25, -0.2) is 9.82 Å². The van der Waals surface area contributed by atoms with Gasteiger partial charge in [-0.05, 0) is 73.6 Å². The Morgan fingerprint density at radius 1 is 1.00 bits per heavy atom. The second kappa shape index (κ2) is 8.68. The molecule has 2 aromatic carbocycles. The molecular weight excluding hydrogens is 445 g/mol. The van der Waals surface area contributed by atoms with Crippen LogP contribution in [-0.4, -0.2) is 24.0 Å². The van der Waals surface area contributed by atoms with Crippen LogP contribution in [0.1, 0.15) is 43.6 Å². The van der Waals surface area contributed by atoms with E-state index in [2.05, 4.69) is 21.5 Å². The molecule has 3 fully saturated rings. The zero-order valence-corrected chi connectivity index (χ0v) is 18.8. The summed E-state index contributed by atoms with van der Waals surface area (Å²) in [7, 11) is 0. The van der Waals surface area contributed by atoms with Gasteiger partial charge in [-0.2, -0.15) is 0 Å². The van der Waals surface area contributed by atoms with Crippen molar-refractivity contribution < 1.29 is 14.0 Å². The molecule has 9 heteroatoms. The summed E-state index contributed by atoms with van der Waals surface area (Å²) in [6, 6.07) is 11.7. The molecule has 5 rings (SSSR count). The maximum atomic E-state index is 15.1. The number of amides is 2. The summed E-state index contributed by atoms with van der Waals surface area (Å²) in [5.41, 5.74) is 12.9. The van der Waals surface area contributed by atoms with Crippen LogP contribution in [0, 0.1) is 17.2 Å². The molecule has 33 heavy (non-hydrogen) atoms. The number of halogens is 2. The van der Waals surface area contributed by atoms with E-state index in [4.69, 9.17) is 17.3 Å². The van der Waals surface area contributed by atoms with E-state index in [9.17, 15) is 9.59 Å². The van der Waals surface area contributed by atoms with Gasteiger partial charge >= 0.3 is 0 Å². The highest BCUT2D eigenvalue weighted by Crippen LogP contribution is 2.48. The van der Waals surface area contributed by atoms with E-state index in [0.717, 1.165) is 19.3 Å². The minimum Gasteiger partial charge on any atom is -0.325 e. The highest BCUT2D eigenvalue weighted by Gasteiger charge is 2.56. The van der Waals surface area contributed by atoms with Crippen molar-refractivity contribution in [3.63, 3.8) is 0 Å². The lowest BCUT2D eigenvalue weighted by molar-refractivity contribution is -0.131. The molecular formula is C24H27ClFN5O2. The standard InChI is InChI=1S/C24H27ClFN5O2/c25-13-4-6-14(7-5-13)28-22(32)24(10-11-24)23(33)29-15-8-9-16(18(26)12-15)17-2-1-3-19-20(17)21(27)31-30-19/h4-9,12,17,19-21,30-31H,1-3,10-11,27H2,(H,28,32)(H,29,33). The van der Waals surface area contributed by atoms with Crippen molar-refractivity contribution in [1.29, 1.82) is 0 Å². The SMILES string of the molecule is NC1NNC2CCCC(c3ccc(NC(=O)C4(C(=O)Nc5ccc(Cl)cc5)CC4)cc3F)C12. The van der Waals surface area contributed by atoms with E-state index in [-0.39, 0.29) is 35.8 Å². The van der Waals surface area contributed by atoms with Crippen molar-refractivity contribution in [3.05, 3.63) is 58.9 Å². The van der Waals surface area contributed by atoms with Gasteiger partial charge in [0.25, 0.3) is 0 Å². The second-order valence-electron chi connectivity index (χ2n) is 9.27. The first-order valence-electron chi connectivity index (χ1n) is 11.3. The predicted molar refractivity (Wildman–Crippen MR) is 125 cm³/mol. The number of benzene rings is 2. The molecule has 2 aromatic rings. The fourth-order valence-corrected chi connectivity index (χ4v) is 5.30. The highest BCUT2D eigenvalue weighted by molar-refractivity contribution is 6.30. The van der Waals surface area contributed by atoms with Crippen molar-refractivity contribution >= 4 is 34.8 Å². The molecule has 0 aromatic heterocycles. The summed E-state index contributed by atoms with van der Waals surface area (Å²) in [6.45, 7) is 0. The van der Waals surface area contributed by atoms with Crippen LogP contribution in [0.4, 0.5) is 15.8 Å². The predicted octanol–water partition coefficient (Wildman–Crippen LogP) is 3.48. The summed E-state index contributed by atoms with van der Waals surface area (Å²) in [6.07, 6.45) is 3.54. The number of rotatable bonds is 5. The number of anilines is 2. The van der Waals surface area contributed by atoms with Crippen molar-refractivity contribution in [2.24, 2.45) is 17.1 Å². The van der Waals surface area contributed by atoms with Crippen LogP contribution in [0.3, 0.4) is 0 Å². The molecule has 6 N–H and O–H groups in total. The van der Waals surface area contributed by atoms with Gasteiger partial charge in [-0.3, -0.25) is 15.0 Å². The average molecular weight is 472 g/mol. The molecule has 2 saturated carbocycles. The second-order valence-corrected chi connectivity index (χ2v) is 9.71. The Balaban J connectivity index is 1.28. The lowest BCUT2D eigenvalue weighted by Gasteiger charge is -2.35. The maximum absolute atomic E-state index is 15.1. The number of hydrazine groups is 1. The van der Waals surface area contributed by atoms with E-state index in [1.807, 2.05) is 0 Å². The number of nitrogens with one attached hydrogen (secondary N) is 4. The normalized spacial score (nSPS) is 27.5. The van der Waals surface area contributed by atoms with E-state index >= 15 is 4.39 Å². The zero-order chi connectivity index (χ0) is 23.2. The molecule has 174 valence electrons. The van der Waals surface area contributed by atoms with Gasteiger partial charge in [0, 0.05) is 28.4 Å². The van der Waals surface area contributed by atoms with Gasteiger partial charge in [0.1, 0.15) is 11.2 Å². The van der Waals surface area contributed by atoms with Gasteiger partial charge in [-0.1, -0.05) is 24.1 Å². The molecule has 0 radical (unpaired) electrons. The summed E-state index contributed by atoms with van der Waals surface area (Å²) in [5, 5.41) is 6.07. The third kappa shape index (κ3) is 4.24. The van der Waals surface area contributed by atoms with Gasteiger partial charge in [-0.15, -0.1) is 0 Å². The van der Waals surface area contributed by atoms with E-state index in [1.165, 1.54) is 6.07 Å². The Morgan fingerprint density at radius 3 is 2.33 bits per heavy atom. The van der Waals surface area contributed by atoms with Gasteiger partial charge in [0.05, 0.1) is 6.17 Å². The Hall–Kier alpha value is -2.52. The number of carbonyl (C=O) groups is 2. The van der Waals surface area contributed by atoms with Crippen LogP contribution in [0.25, 0.3) is 0 Å². The maximum Gasteiger partial charge on any atom is 0.240 e. The quantitative estimate of drug-likeness (QED) is 0.429. The van der Waals surface area contributed by atoms with Crippen molar-refractivity contribution in [3.8, 4) is 0 Å². The van der Waals surface area contributed by atoms with Gasteiger partial charge in [0.2, 0.25) is 11.8 Å². The third-order valence-electron chi connectivity index (χ3n) is 7.19. The Bertz CT molecular complexity index is 1070. The monoisotopic (exact) mass is 471 g/mol. The summed E-state index contributed by atoms with van der Waals surface area (Å²) in [4.78, 5) is 25.7. The molecule has 1 heterocycles. The first-order chi connectivity index (χ1) is 15.9. The molecule has 7 nitrogen and oxygen atoms in total. The van der Waals surface area contributed by atoms with Crippen molar-refractivity contribution in [2.45, 2.75) is 50.2 Å². The zero-order valence-electron chi connectivity index (χ0n) is 18.0. The summed E-state index contributed by atoms with van der Waals surface area (Å²) in [5.74, 6) is -1.05. The molecule has 2 amide bonds. The lowest BCUT2D eigenvalue weighted by atomic mass is 9.72. The average Bonchev–Trinajstić information content (AvgIpc) is 3.53. The Kier molecular flexibility index (Phi) is 5.86. The first-order valence-corrected chi connectivity index (χ1v) is 11.7. The molecule has 1 aliphatic heterocycles. The van der Waals surface area contributed by atoms with Crippen LogP contribution in [0.2, 0.25) is 5.02 Å². The molecule has 0 spiro atoms. The first kappa shape index (κ1) is 22.3. The Morgan fingerprint density at radius 2 is 1.67 bits per heavy atom. The molecule has 4 atom stereocenters. The number of nitrogens with two attached hydrogens (primary N) is 1. The van der Waals surface area contributed by atoms with Crippen LogP contribution in [-0.2, 0) is 9.59 Å². The van der Waals surface area contributed by atoms with Crippen LogP contribution in [0.15, 0.2) is 42.5 Å². The van der Waals surface area contributed by atoms with Crippen LogP contribution < -0.4 is 27.2 Å². The Labute approximate surface area is 196 Å². The number of hydrogen-bond acceptors (Lipinski definition) is 5. The molecule has 0 bridgehead atoms. The fourth-order valence-electron chi connectivity index (χ4n) is 5.18. The lowest BCUT2D eigenvalue weighted by Crippen LogP contribution is -2.41. The number of fused-ring (bicyclic) bond motifs is 1. The molecule has 2 aliphatic carbocycles. The number of carbonyl (C=O) groups excluding carboxylic acids is 2. The highest BCUT2D eigenvalue weighted by atomic mass is 35.5. The topological polar surface area (TPSA) is 108 Å². The third-order valence-corrected chi connectivity index (χ3v) is 7.44. The minimum atomic E-state index is -1.14. The van der Waals surface area contributed by atoms with E-state index in [0.29, 0.717) is 34.8 Å². The minimum absolute atomic E-state index is 0.00549. The van der Waals surface area contributed by atoms with Gasteiger partial charge < -0.3 is 16.4 Å². The van der Waals surface area contributed by atoms with Gasteiger partial charge in [0.15, 0.2) is 0 Å². The molecule has 4 unspecified atom stereocenters. The summed E-state index contributed by atoms with van der Waals surface area (Å²) < 4.78 is 15.1. The molecule has 3 aliphatic rings. The van der Waals surface area contributed by atoms with Crippen LogP contribution >= 0.6 is 11.6 Å². The summed E-state index contributed by atoms with van der Waals surface area (Å²) >= 11 is 5.88. The van der Waals surface area contributed by atoms with Crippen molar-refractivity contribution in [1.82, 2.24) is 10.9 Å². The largest absolute Gasteiger partial charge is 0.325 e. The van der Waals surface area contributed by atoms with Crippen LogP contribution in [0.5, 0.6) is 0 Å². The van der Waals surface area contributed by atoms with E-state index in [1.54, 1.807) is 36.4 Å². The fraction of sp³-hybridized carbons (Fsp3) is 0.417. The van der Waals surface area contributed by atoms with Crippen molar-refractivity contribution in [2.75, 3.05) is 10.6 Å². The van der Waals surface area contributed by atoms with E-state index < -0.39 is 11.3 Å². The smallest absolute Gasteiger partial charge is 0.240 e. The number of hydrogen-bond donors (Lipinski definition) is 5. The molecule has 1 saturated heterocycles.